The third-order valence-electron chi connectivity index (χ3n) is 8.98. The Balaban J connectivity index is 1.44. The molecule has 2 aromatic heterocycles. The molecule has 0 bridgehead atoms. The van der Waals surface area contributed by atoms with Gasteiger partial charge in [0.1, 0.15) is 11.3 Å². The monoisotopic (exact) mass is 708 g/mol. The van der Waals surface area contributed by atoms with Gasteiger partial charge in [0.15, 0.2) is 0 Å². The van der Waals surface area contributed by atoms with E-state index in [1.165, 1.54) is 36.9 Å². The van der Waals surface area contributed by atoms with E-state index in [1.807, 2.05) is 0 Å². The number of hydrogen-bond acceptors (Lipinski definition) is 7. The molecule has 3 aromatic carbocycles. The van der Waals surface area contributed by atoms with Crippen LogP contribution in [0.15, 0.2) is 122 Å². The molecule has 3 heterocycles. The van der Waals surface area contributed by atoms with Gasteiger partial charge in [0.25, 0.3) is 17.7 Å². The third-order valence-corrected chi connectivity index (χ3v) is 8.98. The minimum atomic E-state index is -4.95. The van der Waals surface area contributed by atoms with Crippen LogP contribution in [0.4, 0.5) is 35.0 Å². The van der Waals surface area contributed by atoms with Gasteiger partial charge in [0.05, 0.1) is 29.5 Å². The first kappa shape index (κ1) is 35.3. The Morgan fingerprint density at radius 2 is 1.19 bits per heavy atom. The number of hydrogen-bond donors (Lipinski definition) is 3. The first-order valence-electron chi connectivity index (χ1n) is 16.0. The Kier molecular flexibility index (Phi) is 9.73. The highest BCUT2D eigenvalue weighted by Gasteiger charge is 2.59. The van der Waals surface area contributed by atoms with Gasteiger partial charge in [-0.25, -0.2) is 9.69 Å². The summed E-state index contributed by atoms with van der Waals surface area (Å²) < 4.78 is 42.6. The summed E-state index contributed by atoms with van der Waals surface area (Å²) in [6.45, 7) is 3.41. The number of pyridine rings is 2. The third kappa shape index (κ3) is 7.03. The van der Waals surface area contributed by atoms with E-state index in [1.54, 1.807) is 86.6 Å². The average Bonchev–Trinajstić information content (AvgIpc) is 3.41. The fraction of sp³-hybridized carbons (Fsp3) is 0.158. The van der Waals surface area contributed by atoms with E-state index >= 15 is 0 Å². The number of amides is 5. The van der Waals surface area contributed by atoms with Gasteiger partial charge in [-0.2, -0.15) is 0 Å². The molecule has 2 atom stereocenters. The fourth-order valence-electron chi connectivity index (χ4n) is 6.39. The van der Waals surface area contributed by atoms with Crippen LogP contribution in [0.25, 0.3) is 0 Å². The van der Waals surface area contributed by atoms with Crippen LogP contribution in [0.5, 0.6) is 5.75 Å². The highest BCUT2D eigenvalue weighted by molar-refractivity contribution is 6.24. The molecule has 3 N–H and O–H groups in total. The van der Waals surface area contributed by atoms with Crippen molar-refractivity contribution in [2.75, 3.05) is 15.5 Å². The zero-order chi connectivity index (χ0) is 37.0. The predicted octanol–water partition coefficient (Wildman–Crippen LogP) is 7.28. The molecule has 2 unspecified atom stereocenters. The normalized spacial score (nSPS) is 16.8. The first-order valence-corrected chi connectivity index (χ1v) is 16.0. The van der Waals surface area contributed by atoms with Gasteiger partial charge in [-0.1, -0.05) is 50.2 Å². The number of nitrogens with zero attached hydrogens (tertiary/aromatic N) is 3. The molecule has 0 aliphatic carbocycles. The molecule has 0 saturated carbocycles. The van der Waals surface area contributed by atoms with Crippen molar-refractivity contribution in [3.05, 3.63) is 144 Å². The van der Waals surface area contributed by atoms with Crippen LogP contribution in [-0.4, -0.2) is 45.6 Å². The molecule has 0 radical (unpaired) electrons. The van der Waals surface area contributed by atoms with Crippen LogP contribution in [0.3, 0.4) is 0 Å². The van der Waals surface area contributed by atoms with E-state index in [0.29, 0.717) is 22.3 Å². The number of alkyl halides is 3. The highest BCUT2D eigenvalue weighted by atomic mass is 19.4. The van der Waals surface area contributed by atoms with Crippen LogP contribution in [-0.2, 0) is 4.79 Å². The van der Waals surface area contributed by atoms with Crippen molar-refractivity contribution in [1.82, 2.24) is 15.3 Å². The maximum Gasteiger partial charge on any atom is 0.573 e. The lowest BCUT2D eigenvalue weighted by molar-refractivity contribution is -0.274. The van der Waals surface area contributed by atoms with E-state index in [2.05, 4.69) is 30.7 Å². The number of carbonyl (C=O) groups excluding carboxylic acids is 4. The molecule has 14 heteroatoms. The second-order valence-electron chi connectivity index (χ2n) is 12.0. The smallest absolute Gasteiger partial charge is 0.406 e. The summed E-state index contributed by atoms with van der Waals surface area (Å²) in [6, 6.07) is 23.7. The van der Waals surface area contributed by atoms with Crippen molar-refractivity contribution in [2.45, 2.75) is 37.6 Å². The largest absolute Gasteiger partial charge is 0.573 e. The number of benzene rings is 3. The van der Waals surface area contributed by atoms with Gasteiger partial charge in [-0.05, 0) is 71.8 Å². The van der Waals surface area contributed by atoms with Crippen molar-refractivity contribution >= 4 is 40.8 Å². The molecule has 6 rings (SSSR count). The van der Waals surface area contributed by atoms with Gasteiger partial charge in [0.2, 0.25) is 0 Å². The molecular weight excluding hydrogens is 677 g/mol. The van der Waals surface area contributed by atoms with Crippen molar-refractivity contribution < 1.29 is 37.1 Å². The fourth-order valence-corrected chi connectivity index (χ4v) is 6.39. The second-order valence-corrected chi connectivity index (χ2v) is 12.0. The first-order chi connectivity index (χ1) is 24.9. The number of halogens is 3. The Bertz CT molecular complexity index is 2010. The summed E-state index contributed by atoms with van der Waals surface area (Å²) in [5, 5.41) is 8.63. The van der Waals surface area contributed by atoms with E-state index in [4.69, 9.17) is 0 Å². The van der Waals surface area contributed by atoms with Crippen LogP contribution in [0.2, 0.25) is 0 Å². The average molecular weight is 709 g/mol. The van der Waals surface area contributed by atoms with E-state index in [-0.39, 0.29) is 17.1 Å². The Labute approximate surface area is 295 Å². The summed E-state index contributed by atoms with van der Waals surface area (Å²) >= 11 is 0. The Hall–Kier alpha value is -6.57. The molecule has 5 aromatic rings. The van der Waals surface area contributed by atoms with Crippen molar-refractivity contribution in [3.63, 3.8) is 0 Å². The quantitative estimate of drug-likeness (QED) is 0.129. The number of ether oxygens (including phenoxy) is 1. The van der Waals surface area contributed by atoms with Crippen LogP contribution in [0.1, 0.15) is 57.5 Å². The molecule has 1 aliphatic heterocycles. The van der Waals surface area contributed by atoms with Crippen molar-refractivity contribution in [1.29, 1.82) is 0 Å². The maximum absolute atomic E-state index is 14.9. The standard InChI is InChI=1S/C38H31F3N6O5/c1-23(29-17-19-42-21-31(29)44-33(48)25-9-5-3-6-10-25)37(24(2)30-18-20-43-22-32(30)45-34(49)26-11-7-4-8-12-26)35(50)47(36(51)46-37)27-13-15-28(16-14-27)52-38(39,40)41/h3-24H,1-2H3,(H,44,48)(H,45,49)(H,46,51). The zero-order valence-electron chi connectivity index (χ0n) is 27.7. The van der Waals surface area contributed by atoms with Gasteiger partial charge in [0, 0.05) is 35.4 Å². The highest BCUT2D eigenvalue weighted by Crippen LogP contribution is 2.47. The number of urea groups is 1. The minimum absolute atomic E-state index is 0.0158. The minimum Gasteiger partial charge on any atom is -0.406 e. The lowest BCUT2D eigenvalue weighted by Gasteiger charge is -2.39. The summed E-state index contributed by atoms with van der Waals surface area (Å²) in [4.78, 5) is 64.6. The molecule has 1 aliphatic rings. The van der Waals surface area contributed by atoms with Gasteiger partial charge in [-0.3, -0.25) is 24.4 Å². The second kappa shape index (κ2) is 14.3. The predicted molar refractivity (Wildman–Crippen MR) is 186 cm³/mol. The summed E-state index contributed by atoms with van der Waals surface area (Å²) in [7, 11) is 0. The molecule has 264 valence electrons. The molecular formula is C38H31F3N6O5. The van der Waals surface area contributed by atoms with E-state index in [9.17, 15) is 32.3 Å². The molecule has 5 amide bonds. The zero-order valence-corrected chi connectivity index (χ0v) is 27.7. The topological polar surface area (TPSA) is 143 Å². The summed E-state index contributed by atoms with van der Waals surface area (Å²) in [6.07, 6.45) is 0.888. The molecule has 52 heavy (non-hydrogen) atoms. The number of rotatable bonds is 10. The van der Waals surface area contributed by atoms with Crippen LogP contribution < -0.4 is 25.6 Å². The molecule has 0 spiro atoms. The summed E-state index contributed by atoms with van der Waals surface area (Å²) in [5.41, 5.74) is 0.362. The Morgan fingerprint density at radius 1 is 0.731 bits per heavy atom. The van der Waals surface area contributed by atoms with E-state index in [0.717, 1.165) is 17.0 Å². The number of aromatic nitrogens is 2. The number of carbonyl (C=O) groups is 4. The van der Waals surface area contributed by atoms with Crippen LogP contribution in [0, 0.1) is 0 Å². The lowest BCUT2D eigenvalue weighted by Crippen LogP contribution is -2.55. The van der Waals surface area contributed by atoms with Crippen molar-refractivity contribution in [2.24, 2.45) is 0 Å². The van der Waals surface area contributed by atoms with Gasteiger partial charge in [-0.15, -0.1) is 13.2 Å². The van der Waals surface area contributed by atoms with Crippen molar-refractivity contribution in [3.8, 4) is 5.75 Å². The number of imide groups is 1. The maximum atomic E-state index is 14.9. The number of nitrogens with one attached hydrogen (secondary N) is 3. The van der Waals surface area contributed by atoms with E-state index < -0.39 is 53.2 Å². The molecule has 11 nitrogen and oxygen atoms in total. The Morgan fingerprint density at radius 3 is 1.63 bits per heavy atom. The molecule has 1 fully saturated rings. The molecule has 1 saturated heterocycles. The SMILES string of the molecule is CC(c1ccncc1NC(=O)c1ccccc1)C1(C(C)c2ccncc2NC(=O)c2ccccc2)NC(=O)N(c2ccc(OC(F)(F)F)cc2)C1=O. The summed E-state index contributed by atoms with van der Waals surface area (Å²) in [5.74, 6) is -3.94. The van der Waals surface area contributed by atoms with Gasteiger partial charge < -0.3 is 20.7 Å². The van der Waals surface area contributed by atoms with Gasteiger partial charge >= 0.3 is 12.4 Å². The lowest BCUT2D eigenvalue weighted by atomic mass is 9.69. The van der Waals surface area contributed by atoms with Crippen LogP contribution >= 0.6 is 0 Å². The number of anilines is 3.